The lowest BCUT2D eigenvalue weighted by molar-refractivity contribution is 0.300. The predicted molar refractivity (Wildman–Crippen MR) is 49.5 cm³/mol. The Morgan fingerprint density at radius 1 is 1.50 bits per heavy atom. The van der Waals surface area contributed by atoms with Crippen LogP contribution in [0.25, 0.3) is 0 Å². The van der Waals surface area contributed by atoms with Crippen molar-refractivity contribution in [1.29, 1.82) is 5.41 Å². The van der Waals surface area contributed by atoms with E-state index in [1.807, 2.05) is 12.1 Å². The number of benzene rings is 1. The van der Waals surface area contributed by atoms with Gasteiger partial charge in [-0.3, -0.25) is 0 Å². The number of aliphatic hydroxyl groups is 1. The molecule has 0 atom stereocenters. The van der Waals surface area contributed by atoms with E-state index in [0.717, 1.165) is 5.56 Å². The van der Waals surface area contributed by atoms with Gasteiger partial charge in [0.05, 0.1) is 0 Å². The quantitative estimate of drug-likeness (QED) is 0.457. The molecule has 3 heteroatoms. The number of nitrogens with one attached hydrogen (secondary N) is 1. The van der Waals surface area contributed by atoms with Crippen molar-refractivity contribution in [2.75, 3.05) is 12.3 Å². The van der Waals surface area contributed by atoms with Crippen LogP contribution in [0.3, 0.4) is 0 Å². The first-order chi connectivity index (χ1) is 5.79. The summed E-state index contributed by atoms with van der Waals surface area (Å²) in [6.45, 7) is 0.0889. The van der Waals surface area contributed by atoms with Gasteiger partial charge >= 0.3 is 0 Å². The van der Waals surface area contributed by atoms with Crippen molar-refractivity contribution >= 4 is 11.9 Å². The number of nitrogens with two attached hydrogens (primary N) is 1. The SMILES string of the molecule is N=Cc1cccc(CCO)c1N. The summed E-state index contributed by atoms with van der Waals surface area (Å²) in [4.78, 5) is 0. The molecule has 12 heavy (non-hydrogen) atoms. The molecule has 0 aromatic heterocycles. The van der Waals surface area contributed by atoms with Crippen LogP contribution in [0.5, 0.6) is 0 Å². The van der Waals surface area contributed by atoms with E-state index in [1.54, 1.807) is 6.07 Å². The monoisotopic (exact) mass is 164 g/mol. The van der Waals surface area contributed by atoms with Gasteiger partial charge in [-0.25, -0.2) is 0 Å². The lowest BCUT2D eigenvalue weighted by Crippen LogP contribution is -2.00. The summed E-state index contributed by atoms with van der Waals surface area (Å²) >= 11 is 0. The minimum Gasteiger partial charge on any atom is -0.398 e. The average molecular weight is 164 g/mol. The number of aliphatic hydroxyl groups excluding tert-OH is 1. The predicted octanol–water partition coefficient (Wildman–Crippen LogP) is 0.801. The van der Waals surface area contributed by atoms with Crippen LogP contribution in [0.1, 0.15) is 11.1 Å². The molecule has 0 aliphatic heterocycles. The van der Waals surface area contributed by atoms with Gasteiger partial charge in [0.25, 0.3) is 0 Å². The van der Waals surface area contributed by atoms with Crippen LogP contribution >= 0.6 is 0 Å². The summed E-state index contributed by atoms with van der Waals surface area (Å²) < 4.78 is 0. The third-order valence-electron chi connectivity index (χ3n) is 1.77. The van der Waals surface area contributed by atoms with Crippen LogP contribution in [0.2, 0.25) is 0 Å². The molecule has 1 aromatic rings. The van der Waals surface area contributed by atoms with Crippen LogP contribution in [-0.2, 0) is 6.42 Å². The highest BCUT2D eigenvalue weighted by Crippen LogP contribution is 2.15. The van der Waals surface area contributed by atoms with Gasteiger partial charge in [0.15, 0.2) is 0 Å². The second-order valence-corrected chi connectivity index (χ2v) is 2.54. The van der Waals surface area contributed by atoms with E-state index < -0.39 is 0 Å². The van der Waals surface area contributed by atoms with Crippen molar-refractivity contribution in [3.8, 4) is 0 Å². The highest BCUT2D eigenvalue weighted by Gasteiger charge is 2.00. The second-order valence-electron chi connectivity index (χ2n) is 2.54. The third kappa shape index (κ3) is 1.62. The highest BCUT2D eigenvalue weighted by atomic mass is 16.2. The van der Waals surface area contributed by atoms with E-state index in [0.29, 0.717) is 17.7 Å². The molecule has 3 nitrogen and oxygen atoms in total. The Morgan fingerprint density at radius 3 is 2.83 bits per heavy atom. The minimum absolute atomic E-state index is 0.0889. The molecule has 1 rings (SSSR count). The van der Waals surface area contributed by atoms with Crippen LogP contribution < -0.4 is 5.73 Å². The van der Waals surface area contributed by atoms with Crippen molar-refractivity contribution in [2.45, 2.75) is 6.42 Å². The largest absolute Gasteiger partial charge is 0.398 e. The molecule has 64 valence electrons. The standard InChI is InChI=1S/C9H12N2O/c10-6-8-3-1-2-7(4-5-12)9(8)11/h1-3,6,10,12H,4-5,11H2. The van der Waals surface area contributed by atoms with Gasteiger partial charge in [0.1, 0.15) is 0 Å². The summed E-state index contributed by atoms with van der Waals surface area (Å²) in [7, 11) is 0. The topological polar surface area (TPSA) is 70.1 Å². The molecule has 0 saturated heterocycles. The molecule has 1 aromatic carbocycles. The van der Waals surface area contributed by atoms with Crippen LogP contribution in [0.15, 0.2) is 18.2 Å². The van der Waals surface area contributed by atoms with Gasteiger partial charge in [0.2, 0.25) is 0 Å². The van der Waals surface area contributed by atoms with Crippen molar-refractivity contribution in [2.24, 2.45) is 0 Å². The number of hydrogen-bond acceptors (Lipinski definition) is 3. The summed E-state index contributed by atoms with van der Waals surface area (Å²) in [6.07, 6.45) is 1.77. The van der Waals surface area contributed by atoms with Crippen molar-refractivity contribution in [3.05, 3.63) is 29.3 Å². The van der Waals surface area contributed by atoms with E-state index in [-0.39, 0.29) is 6.61 Å². The maximum absolute atomic E-state index is 8.70. The molecule has 0 aliphatic carbocycles. The molecule has 0 radical (unpaired) electrons. The summed E-state index contributed by atoms with van der Waals surface area (Å²) in [5.74, 6) is 0. The van der Waals surface area contributed by atoms with Gasteiger partial charge in [-0.15, -0.1) is 0 Å². The first-order valence-electron chi connectivity index (χ1n) is 3.78. The minimum atomic E-state index is 0.0889. The summed E-state index contributed by atoms with van der Waals surface area (Å²) in [5.41, 5.74) is 7.93. The van der Waals surface area contributed by atoms with E-state index in [9.17, 15) is 0 Å². The van der Waals surface area contributed by atoms with Gasteiger partial charge in [-0.1, -0.05) is 18.2 Å². The van der Waals surface area contributed by atoms with E-state index >= 15 is 0 Å². The number of para-hydroxylation sites is 1. The fraction of sp³-hybridized carbons (Fsp3) is 0.222. The van der Waals surface area contributed by atoms with Gasteiger partial charge in [0, 0.05) is 24.1 Å². The number of hydrogen-bond donors (Lipinski definition) is 3. The number of anilines is 1. The van der Waals surface area contributed by atoms with Gasteiger partial charge in [-0.2, -0.15) is 0 Å². The molecular formula is C9H12N2O. The second kappa shape index (κ2) is 3.88. The number of rotatable bonds is 3. The van der Waals surface area contributed by atoms with Crippen LogP contribution in [-0.4, -0.2) is 17.9 Å². The van der Waals surface area contributed by atoms with Crippen LogP contribution in [0.4, 0.5) is 5.69 Å². The zero-order chi connectivity index (χ0) is 8.97. The Kier molecular flexibility index (Phi) is 2.82. The highest BCUT2D eigenvalue weighted by molar-refractivity contribution is 5.85. The maximum Gasteiger partial charge on any atom is 0.0472 e. The maximum atomic E-state index is 8.70. The molecule has 0 saturated carbocycles. The number of nitrogen functional groups attached to an aromatic ring is 1. The summed E-state index contributed by atoms with van der Waals surface area (Å²) in [5, 5.41) is 15.7. The van der Waals surface area contributed by atoms with Gasteiger partial charge in [-0.05, 0) is 12.0 Å². The van der Waals surface area contributed by atoms with Crippen molar-refractivity contribution in [3.63, 3.8) is 0 Å². The van der Waals surface area contributed by atoms with Crippen molar-refractivity contribution in [1.82, 2.24) is 0 Å². The van der Waals surface area contributed by atoms with Crippen LogP contribution in [0, 0.1) is 5.41 Å². The average Bonchev–Trinajstić information content (AvgIpc) is 2.09. The molecule has 0 bridgehead atoms. The Bertz CT molecular complexity index is 284. The normalized spacial score (nSPS) is 9.75. The Balaban J connectivity index is 3.04. The molecular weight excluding hydrogens is 152 g/mol. The van der Waals surface area contributed by atoms with Gasteiger partial charge < -0.3 is 16.2 Å². The van der Waals surface area contributed by atoms with E-state index in [4.69, 9.17) is 16.2 Å². The zero-order valence-corrected chi connectivity index (χ0v) is 6.75. The fourth-order valence-corrected chi connectivity index (χ4v) is 1.10. The summed E-state index contributed by atoms with van der Waals surface area (Å²) in [6, 6.07) is 5.48. The van der Waals surface area contributed by atoms with Crippen molar-refractivity contribution < 1.29 is 5.11 Å². The fourth-order valence-electron chi connectivity index (χ4n) is 1.10. The molecule has 0 fully saturated rings. The molecule has 0 heterocycles. The lowest BCUT2D eigenvalue weighted by atomic mass is 10.1. The smallest absolute Gasteiger partial charge is 0.0472 e. The Hall–Kier alpha value is -1.35. The first-order valence-corrected chi connectivity index (χ1v) is 3.78. The Morgan fingerprint density at radius 2 is 2.25 bits per heavy atom. The molecule has 0 aliphatic rings. The molecule has 4 N–H and O–H groups in total. The molecule has 0 unspecified atom stereocenters. The van der Waals surface area contributed by atoms with E-state index in [1.165, 1.54) is 6.21 Å². The zero-order valence-electron chi connectivity index (χ0n) is 6.75. The first kappa shape index (κ1) is 8.74. The Labute approximate surface area is 71.3 Å². The third-order valence-corrected chi connectivity index (χ3v) is 1.77. The lowest BCUT2D eigenvalue weighted by Gasteiger charge is -2.05. The molecule has 0 amide bonds. The molecule has 0 spiro atoms. The van der Waals surface area contributed by atoms with E-state index in [2.05, 4.69) is 0 Å².